The summed E-state index contributed by atoms with van der Waals surface area (Å²) in [5.74, 6) is 1.13. The van der Waals surface area contributed by atoms with Crippen molar-refractivity contribution in [3.63, 3.8) is 0 Å². The van der Waals surface area contributed by atoms with Crippen LogP contribution < -0.4 is 5.73 Å². The highest BCUT2D eigenvalue weighted by atomic mass is 16.3. The lowest BCUT2D eigenvalue weighted by Crippen LogP contribution is -2.33. The van der Waals surface area contributed by atoms with Crippen molar-refractivity contribution < 1.29 is 5.11 Å². The van der Waals surface area contributed by atoms with E-state index >= 15 is 0 Å². The zero-order valence-electron chi connectivity index (χ0n) is 18.4. The lowest BCUT2D eigenvalue weighted by Gasteiger charge is -2.32. The first-order valence-corrected chi connectivity index (χ1v) is 11.7. The van der Waals surface area contributed by atoms with Gasteiger partial charge in [-0.3, -0.25) is 4.90 Å². The average molecular weight is 410 g/mol. The second-order valence-electron chi connectivity index (χ2n) is 8.63. The molecule has 0 aliphatic carbocycles. The third-order valence-electron chi connectivity index (χ3n) is 6.39. The Kier molecular flexibility index (Phi) is 9.68. The van der Waals surface area contributed by atoms with Gasteiger partial charge in [0.2, 0.25) is 0 Å². The van der Waals surface area contributed by atoms with Crippen LogP contribution in [0.15, 0.2) is 54.6 Å². The molecule has 1 aliphatic rings. The van der Waals surface area contributed by atoms with E-state index in [1.807, 2.05) is 18.2 Å². The standard InChI is InChI=1S/C26H39N3O/c27-16-21-29(22-25-12-6-7-13-26(25)30)18-9-2-1-8-17-28-19-14-24(15-20-28)23-10-4-3-5-11-23/h3-7,10-13,24,30H,1-2,8-9,14-22,27H2. The number of hydrogen-bond donors (Lipinski definition) is 2. The van der Waals surface area contributed by atoms with E-state index in [9.17, 15) is 5.11 Å². The maximum Gasteiger partial charge on any atom is 0.120 e. The van der Waals surface area contributed by atoms with Gasteiger partial charge in [0.25, 0.3) is 0 Å². The topological polar surface area (TPSA) is 52.7 Å². The van der Waals surface area contributed by atoms with Gasteiger partial charge in [-0.15, -0.1) is 0 Å². The van der Waals surface area contributed by atoms with Crippen molar-refractivity contribution in [1.29, 1.82) is 0 Å². The molecule has 3 N–H and O–H groups in total. The quantitative estimate of drug-likeness (QED) is 0.503. The summed E-state index contributed by atoms with van der Waals surface area (Å²) in [7, 11) is 0. The summed E-state index contributed by atoms with van der Waals surface area (Å²) in [4.78, 5) is 5.02. The third kappa shape index (κ3) is 7.42. The van der Waals surface area contributed by atoms with Crippen molar-refractivity contribution in [2.24, 2.45) is 5.73 Å². The van der Waals surface area contributed by atoms with E-state index in [1.165, 1.54) is 63.7 Å². The average Bonchev–Trinajstić information content (AvgIpc) is 2.79. The summed E-state index contributed by atoms with van der Waals surface area (Å²) in [6, 6.07) is 18.6. The van der Waals surface area contributed by atoms with E-state index in [2.05, 4.69) is 40.1 Å². The monoisotopic (exact) mass is 409 g/mol. The van der Waals surface area contributed by atoms with Crippen LogP contribution in [-0.2, 0) is 6.54 Å². The molecule has 1 fully saturated rings. The minimum atomic E-state index is 0.385. The van der Waals surface area contributed by atoms with Crippen molar-refractivity contribution in [3.05, 3.63) is 65.7 Å². The third-order valence-corrected chi connectivity index (χ3v) is 6.39. The fourth-order valence-electron chi connectivity index (χ4n) is 4.58. The fraction of sp³-hybridized carbons (Fsp3) is 0.538. The largest absolute Gasteiger partial charge is 0.508 e. The molecule has 4 heteroatoms. The highest BCUT2D eigenvalue weighted by Gasteiger charge is 2.19. The van der Waals surface area contributed by atoms with Crippen LogP contribution >= 0.6 is 0 Å². The number of nitrogens with zero attached hydrogens (tertiary/aromatic N) is 2. The maximum absolute atomic E-state index is 10.0. The Morgan fingerprint density at radius 3 is 2.30 bits per heavy atom. The van der Waals surface area contributed by atoms with E-state index in [-0.39, 0.29) is 0 Å². The number of unbranched alkanes of at least 4 members (excludes halogenated alkanes) is 3. The Hall–Kier alpha value is -1.88. The van der Waals surface area contributed by atoms with Crippen molar-refractivity contribution in [1.82, 2.24) is 9.80 Å². The number of phenols is 1. The van der Waals surface area contributed by atoms with Crippen LogP contribution in [0.25, 0.3) is 0 Å². The van der Waals surface area contributed by atoms with Gasteiger partial charge in [-0.05, 0) is 69.4 Å². The van der Waals surface area contributed by atoms with E-state index in [4.69, 9.17) is 5.73 Å². The first-order chi connectivity index (χ1) is 14.8. The first-order valence-electron chi connectivity index (χ1n) is 11.7. The summed E-state index contributed by atoms with van der Waals surface area (Å²) in [5.41, 5.74) is 8.30. The lowest BCUT2D eigenvalue weighted by atomic mass is 9.89. The molecule has 0 unspecified atom stereocenters. The summed E-state index contributed by atoms with van der Waals surface area (Å²) in [5, 5.41) is 10.0. The van der Waals surface area contributed by atoms with E-state index in [0.717, 1.165) is 31.1 Å². The molecule has 0 aromatic heterocycles. The van der Waals surface area contributed by atoms with Crippen molar-refractivity contribution in [2.75, 3.05) is 39.3 Å². The SMILES string of the molecule is NCCN(CCCCCCN1CCC(c2ccccc2)CC1)Cc1ccccc1O. The Morgan fingerprint density at radius 2 is 1.57 bits per heavy atom. The molecule has 1 aliphatic heterocycles. The predicted molar refractivity (Wildman–Crippen MR) is 126 cm³/mol. The molecule has 0 amide bonds. The van der Waals surface area contributed by atoms with Crippen LogP contribution in [0.4, 0.5) is 0 Å². The van der Waals surface area contributed by atoms with Crippen LogP contribution in [0.1, 0.15) is 55.6 Å². The summed E-state index contributed by atoms with van der Waals surface area (Å²) < 4.78 is 0. The van der Waals surface area contributed by atoms with Gasteiger partial charge in [0.1, 0.15) is 5.75 Å². The van der Waals surface area contributed by atoms with Gasteiger partial charge in [-0.25, -0.2) is 0 Å². The minimum Gasteiger partial charge on any atom is -0.508 e. The number of likely N-dealkylation sites (tertiary alicyclic amines) is 1. The van der Waals surface area contributed by atoms with Crippen molar-refractivity contribution in [3.8, 4) is 5.75 Å². The van der Waals surface area contributed by atoms with Crippen LogP contribution in [0, 0.1) is 0 Å². The van der Waals surface area contributed by atoms with Gasteiger partial charge in [-0.1, -0.05) is 61.4 Å². The van der Waals surface area contributed by atoms with Gasteiger partial charge in [0.15, 0.2) is 0 Å². The molecule has 0 atom stereocenters. The molecule has 164 valence electrons. The van der Waals surface area contributed by atoms with Gasteiger partial charge < -0.3 is 15.7 Å². The van der Waals surface area contributed by atoms with E-state index < -0.39 is 0 Å². The summed E-state index contributed by atoms with van der Waals surface area (Å²) in [6.45, 7) is 7.09. The smallest absolute Gasteiger partial charge is 0.120 e. The van der Waals surface area contributed by atoms with Gasteiger partial charge in [0.05, 0.1) is 0 Å². The minimum absolute atomic E-state index is 0.385. The molecule has 4 nitrogen and oxygen atoms in total. The number of piperidine rings is 1. The zero-order chi connectivity index (χ0) is 21.0. The molecule has 1 saturated heterocycles. The maximum atomic E-state index is 10.0. The number of aromatic hydroxyl groups is 1. The highest BCUT2D eigenvalue weighted by Crippen LogP contribution is 2.27. The molecule has 0 radical (unpaired) electrons. The normalized spacial score (nSPS) is 15.7. The molecule has 30 heavy (non-hydrogen) atoms. The number of phenolic OH excluding ortho intramolecular Hbond substituents is 1. The number of nitrogens with two attached hydrogens (primary N) is 1. The fourth-order valence-corrected chi connectivity index (χ4v) is 4.58. The Morgan fingerprint density at radius 1 is 0.867 bits per heavy atom. The molecule has 3 rings (SSSR count). The van der Waals surface area contributed by atoms with Gasteiger partial charge >= 0.3 is 0 Å². The summed E-state index contributed by atoms with van der Waals surface area (Å²) >= 11 is 0. The van der Waals surface area contributed by atoms with Gasteiger partial charge in [-0.2, -0.15) is 0 Å². The molecular weight excluding hydrogens is 370 g/mol. The molecule has 2 aromatic rings. The molecule has 0 saturated carbocycles. The first kappa shape index (κ1) is 22.8. The number of hydrogen-bond acceptors (Lipinski definition) is 4. The summed E-state index contributed by atoms with van der Waals surface area (Å²) in [6.07, 6.45) is 7.65. The van der Waals surface area contributed by atoms with Crippen LogP contribution in [0.3, 0.4) is 0 Å². The molecule has 1 heterocycles. The van der Waals surface area contributed by atoms with Crippen molar-refractivity contribution >= 4 is 0 Å². The Balaban J connectivity index is 1.27. The Labute approximate surface area is 182 Å². The molecule has 0 bridgehead atoms. The zero-order valence-corrected chi connectivity index (χ0v) is 18.4. The van der Waals surface area contributed by atoms with E-state index in [1.54, 1.807) is 6.07 Å². The predicted octanol–water partition coefficient (Wildman–Crippen LogP) is 4.59. The number of para-hydroxylation sites is 1. The Bertz CT molecular complexity index is 713. The molecular formula is C26H39N3O. The van der Waals surface area contributed by atoms with Crippen LogP contribution in [0.5, 0.6) is 5.75 Å². The van der Waals surface area contributed by atoms with Crippen LogP contribution in [0.2, 0.25) is 0 Å². The number of rotatable bonds is 12. The van der Waals surface area contributed by atoms with Gasteiger partial charge in [0, 0.05) is 25.2 Å². The lowest BCUT2D eigenvalue weighted by molar-refractivity contribution is 0.207. The second-order valence-corrected chi connectivity index (χ2v) is 8.63. The molecule has 2 aromatic carbocycles. The molecule has 0 spiro atoms. The highest BCUT2D eigenvalue weighted by molar-refractivity contribution is 5.31. The second kappa shape index (κ2) is 12.7. The van der Waals surface area contributed by atoms with E-state index in [0.29, 0.717) is 12.3 Å². The number of benzene rings is 2. The van der Waals surface area contributed by atoms with Crippen molar-refractivity contribution in [2.45, 2.75) is 51.0 Å². The van der Waals surface area contributed by atoms with Crippen LogP contribution in [-0.4, -0.2) is 54.2 Å².